The number of amides is 2. The Bertz CT molecular complexity index is 763. The van der Waals surface area contributed by atoms with E-state index < -0.39 is 5.97 Å². The van der Waals surface area contributed by atoms with E-state index in [1.54, 1.807) is 24.3 Å². The number of nitriles is 1. The second-order valence-electron chi connectivity index (χ2n) is 6.93. The molecule has 0 bridgehead atoms. The summed E-state index contributed by atoms with van der Waals surface area (Å²) in [5, 5.41) is 8.70. The Hall–Kier alpha value is -2.76. The quantitative estimate of drug-likeness (QED) is 0.452. The highest BCUT2D eigenvalue weighted by Crippen LogP contribution is 2.22. The molecule has 2 aliphatic rings. The monoisotopic (exact) mass is 372 g/mol. The normalized spacial score (nSPS) is 25.3. The van der Waals surface area contributed by atoms with E-state index in [4.69, 9.17) is 5.26 Å². The van der Waals surface area contributed by atoms with Gasteiger partial charge in [0.25, 0.3) is 5.91 Å². The highest BCUT2D eigenvalue weighted by molar-refractivity contribution is 6.21. The SMILES string of the molecule is COC(=O)c1ccc(N2C(=O)C[C@@H]([NH+]3CC[NH+](CCC#N)CC3)C2=O)cc1. The lowest BCUT2D eigenvalue weighted by Crippen LogP contribution is -3.30. The molecule has 0 aliphatic carbocycles. The summed E-state index contributed by atoms with van der Waals surface area (Å²) in [6.07, 6.45) is 0.751. The number of carbonyl (C=O) groups excluding carboxylic acids is 3. The van der Waals surface area contributed by atoms with Crippen LogP contribution in [0.2, 0.25) is 0 Å². The Kier molecular flexibility index (Phi) is 5.84. The van der Waals surface area contributed by atoms with Crippen molar-refractivity contribution in [2.24, 2.45) is 0 Å². The first kappa shape index (κ1) is 19.0. The molecule has 2 N–H and O–H groups in total. The maximum atomic E-state index is 12.9. The van der Waals surface area contributed by atoms with Crippen LogP contribution in [0.5, 0.6) is 0 Å². The molecule has 0 saturated carbocycles. The van der Waals surface area contributed by atoms with Gasteiger partial charge in [0, 0.05) is 0 Å². The summed E-state index contributed by atoms with van der Waals surface area (Å²) in [7, 11) is 1.30. The predicted octanol–water partition coefficient (Wildman–Crippen LogP) is -2.20. The summed E-state index contributed by atoms with van der Waals surface area (Å²) in [5.41, 5.74) is 0.858. The Labute approximate surface area is 157 Å². The van der Waals surface area contributed by atoms with Crippen LogP contribution in [0.3, 0.4) is 0 Å². The van der Waals surface area contributed by atoms with E-state index in [1.165, 1.54) is 16.9 Å². The molecule has 2 heterocycles. The van der Waals surface area contributed by atoms with Crippen molar-refractivity contribution in [1.29, 1.82) is 5.26 Å². The Morgan fingerprint density at radius 3 is 2.48 bits per heavy atom. The molecule has 2 aliphatic heterocycles. The molecule has 142 valence electrons. The van der Waals surface area contributed by atoms with Crippen molar-refractivity contribution in [3.8, 4) is 6.07 Å². The van der Waals surface area contributed by atoms with Gasteiger partial charge in [-0.3, -0.25) is 9.59 Å². The standard InChI is InChI=1S/C19H22N4O4/c1-27-19(26)14-3-5-15(6-4-14)23-17(24)13-16(18(23)25)22-11-9-21(10-12-22)8-2-7-20/h3-6,16H,2,8-13H2,1H3/p+2/t16-/m1/s1. The van der Waals surface area contributed by atoms with Gasteiger partial charge >= 0.3 is 5.97 Å². The molecule has 0 spiro atoms. The Morgan fingerprint density at radius 1 is 1.22 bits per heavy atom. The zero-order valence-corrected chi connectivity index (χ0v) is 15.4. The number of piperazine rings is 1. The first-order chi connectivity index (χ1) is 13.0. The summed E-state index contributed by atoms with van der Waals surface area (Å²) in [6.45, 7) is 4.28. The molecule has 1 atom stereocenters. The number of rotatable bonds is 5. The number of benzene rings is 1. The lowest BCUT2D eigenvalue weighted by atomic mass is 10.1. The van der Waals surface area contributed by atoms with Gasteiger partial charge in [0.2, 0.25) is 5.91 Å². The topological polar surface area (TPSA) is 96.3 Å². The molecule has 2 amide bonds. The van der Waals surface area contributed by atoms with Crippen molar-refractivity contribution in [2.45, 2.75) is 18.9 Å². The molecule has 8 heteroatoms. The molecular formula is C19H24N4O4+2. The minimum absolute atomic E-state index is 0.179. The van der Waals surface area contributed by atoms with E-state index in [9.17, 15) is 14.4 Å². The number of ether oxygens (including phenoxy) is 1. The molecule has 1 aromatic carbocycles. The minimum atomic E-state index is -0.459. The Balaban J connectivity index is 1.65. The highest BCUT2D eigenvalue weighted by atomic mass is 16.5. The van der Waals surface area contributed by atoms with Gasteiger partial charge in [0.05, 0.1) is 43.8 Å². The van der Waals surface area contributed by atoms with Gasteiger partial charge in [-0.05, 0) is 24.3 Å². The van der Waals surface area contributed by atoms with Gasteiger partial charge in [0.1, 0.15) is 26.2 Å². The fourth-order valence-electron chi connectivity index (χ4n) is 3.84. The van der Waals surface area contributed by atoms with Gasteiger partial charge in [-0.1, -0.05) is 0 Å². The largest absolute Gasteiger partial charge is 0.465 e. The molecule has 0 radical (unpaired) electrons. The zero-order valence-electron chi connectivity index (χ0n) is 15.4. The molecule has 2 fully saturated rings. The number of hydrogen-bond donors (Lipinski definition) is 2. The van der Waals surface area contributed by atoms with Crippen molar-refractivity contribution in [1.82, 2.24) is 0 Å². The average Bonchev–Trinajstić information content (AvgIpc) is 3.00. The number of esters is 1. The summed E-state index contributed by atoms with van der Waals surface area (Å²) in [6, 6.07) is 8.13. The van der Waals surface area contributed by atoms with Crippen molar-refractivity contribution in [3.05, 3.63) is 29.8 Å². The fraction of sp³-hybridized carbons (Fsp3) is 0.474. The summed E-state index contributed by atoms with van der Waals surface area (Å²) in [5.74, 6) is -0.844. The number of anilines is 1. The van der Waals surface area contributed by atoms with E-state index in [-0.39, 0.29) is 24.3 Å². The van der Waals surface area contributed by atoms with Crippen LogP contribution in [0, 0.1) is 11.3 Å². The van der Waals surface area contributed by atoms with Crippen LogP contribution in [-0.4, -0.2) is 63.7 Å². The number of nitrogens with one attached hydrogen (secondary N) is 2. The molecule has 0 aromatic heterocycles. The average molecular weight is 372 g/mol. The second kappa shape index (κ2) is 8.29. The van der Waals surface area contributed by atoms with Crippen LogP contribution in [0.1, 0.15) is 23.2 Å². The van der Waals surface area contributed by atoms with E-state index >= 15 is 0 Å². The van der Waals surface area contributed by atoms with Gasteiger partial charge in [0.15, 0.2) is 6.04 Å². The Morgan fingerprint density at radius 2 is 1.89 bits per heavy atom. The maximum Gasteiger partial charge on any atom is 0.337 e. The predicted molar refractivity (Wildman–Crippen MR) is 95.2 cm³/mol. The van der Waals surface area contributed by atoms with Crippen LogP contribution in [0.25, 0.3) is 0 Å². The first-order valence-electron chi connectivity index (χ1n) is 9.15. The lowest BCUT2D eigenvalue weighted by Gasteiger charge is -2.31. The number of hydrogen-bond acceptors (Lipinski definition) is 5. The van der Waals surface area contributed by atoms with Crippen LogP contribution < -0.4 is 14.7 Å². The van der Waals surface area contributed by atoms with Crippen LogP contribution >= 0.6 is 0 Å². The summed E-state index contributed by atoms with van der Waals surface area (Å²) < 4.78 is 4.66. The third-order valence-electron chi connectivity index (χ3n) is 5.38. The van der Waals surface area contributed by atoms with Gasteiger partial charge in [-0.15, -0.1) is 0 Å². The number of nitrogens with zero attached hydrogens (tertiary/aromatic N) is 2. The molecule has 2 saturated heterocycles. The highest BCUT2D eigenvalue weighted by Gasteiger charge is 2.46. The van der Waals surface area contributed by atoms with Crippen molar-refractivity contribution in [3.63, 3.8) is 0 Å². The van der Waals surface area contributed by atoms with E-state index in [0.717, 1.165) is 37.6 Å². The van der Waals surface area contributed by atoms with Crippen LogP contribution in [0.15, 0.2) is 24.3 Å². The minimum Gasteiger partial charge on any atom is -0.465 e. The van der Waals surface area contributed by atoms with E-state index in [0.29, 0.717) is 17.7 Å². The zero-order chi connectivity index (χ0) is 19.4. The number of quaternary nitrogens is 2. The number of methoxy groups -OCH3 is 1. The van der Waals surface area contributed by atoms with Gasteiger partial charge in [-0.2, -0.15) is 5.26 Å². The second-order valence-corrected chi connectivity index (χ2v) is 6.93. The molecule has 1 aromatic rings. The van der Waals surface area contributed by atoms with Crippen molar-refractivity contribution in [2.75, 3.05) is 44.7 Å². The molecular weight excluding hydrogens is 348 g/mol. The van der Waals surface area contributed by atoms with Crippen LogP contribution in [0.4, 0.5) is 5.69 Å². The molecule has 8 nitrogen and oxygen atoms in total. The van der Waals surface area contributed by atoms with Crippen molar-refractivity contribution < 1.29 is 28.9 Å². The van der Waals surface area contributed by atoms with Crippen LogP contribution in [-0.2, 0) is 14.3 Å². The molecule has 3 rings (SSSR count). The first-order valence-corrected chi connectivity index (χ1v) is 9.15. The van der Waals surface area contributed by atoms with Gasteiger partial charge in [-0.25, -0.2) is 9.69 Å². The third-order valence-corrected chi connectivity index (χ3v) is 5.38. The van der Waals surface area contributed by atoms with E-state index in [1.807, 2.05) is 0 Å². The maximum absolute atomic E-state index is 12.9. The fourth-order valence-corrected chi connectivity index (χ4v) is 3.84. The van der Waals surface area contributed by atoms with Crippen molar-refractivity contribution >= 4 is 23.5 Å². The molecule has 27 heavy (non-hydrogen) atoms. The molecule has 0 unspecified atom stereocenters. The summed E-state index contributed by atoms with van der Waals surface area (Å²) >= 11 is 0. The third kappa shape index (κ3) is 3.99. The number of imide groups is 1. The smallest absolute Gasteiger partial charge is 0.337 e. The number of carbonyl (C=O) groups is 3. The summed E-state index contributed by atoms with van der Waals surface area (Å²) in [4.78, 5) is 40.7. The lowest BCUT2D eigenvalue weighted by molar-refractivity contribution is -1.02. The van der Waals surface area contributed by atoms with Gasteiger partial charge < -0.3 is 14.5 Å². The van der Waals surface area contributed by atoms with E-state index in [2.05, 4.69) is 10.8 Å².